The van der Waals surface area contributed by atoms with Gasteiger partial charge in [0.05, 0.1) is 10.7 Å². The van der Waals surface area contributed by atoms with Gasteiger partial charge in [0, 0.05) is 19.3 Å². The standard InChI is InChI=1S/C13H14BrF2N3/c1-17-11(5-8-6-18-19(2)7-8)9-3-4-10(15)13(16)12(9)14/h3-4,6-7,11,17H,5H2,1-2H3. The van der Waals surface area contributed by atoms with Crippen LogP contribution in [0.4, 0.5) is 8.78 Å². The Balaban J connectivity index is 2.29. The van der Waals surface area contributed by atoms with Gasteiger partial charge in [0.2, 0.25) is 0 Å². The van der Waals surface area contributed by atoms with E-state index in [1.165, 1.54) is 0 Å². The minimum atomic E-state index is -0.857. The first-order chi connectivity index (χ1) is 9.02. The second-order valence-corrected chi connectivity index (χ2v) is 5.13. The van der Waals surface area contributed by atoms with E-state index in [1.54, 1.807) is 24.0 Å². The van der Waals surface area contributed by atoms with E-state index >= 15 is 0 Å². The Morgan fingerprint density at radius 3 is 2.74 bits per heavy atom. The van der Waals surface area contributed by atoms with Gasteiger partial charge < -0.3 is 5.32 Å². The smallest absolute Gasteiger partial charge is 0.173 e. The average Bonchev–Trinajstić information content (AvgIpc) is 2.80. The van der Waals surface area contributed by atoms with Crippen LogP contribution < -0.4 is 5.32 Å². The molecule has 0 aliphatic rings. The van der Waals surface area contributed by atoms with Crippen molar-refractivity contribution in [3.8, 4) is 0 Å². The average molecular weight is 330 g/mol. The van der Waals surface area contributed by atoms with Gasteiger partial charge in [-0.1, -0.05) is 6.07 Å². The van der Waals surface area contributed by atoms with E-state index in [4.69, 9.17) is 0 Å². The quantitative estimate of drug-likeness (QED) is 0.874. The summed E-state index contributed by atoms with van der Waals surface area (Å²) >= 11 is 3.12. The lowest BCUT2D eigenvalue weighted by molar-refractivity contribution is 0.495. The summed E-state index contributed by atoms with van der Waals surface area (Å²) in [7, 11) is 3.63. The monoisotopic (exact) mass is 329 g/mol. The summed E-state index contributed by atoms with van der Waals surface area (Å²) < 4.78 is 28.6. The van der Waals surface area contributed by atoms with Crippen LogP contribution in [0.5, 0.6) is 0 Å². The molecule has 0 amide bonds. The molecule has 0 radical (unpaired) electrons. The fraction of sp³-hybridized carbons (Fsp3) is 0.308. The summed E-state index contributed by atoms with van der Waals surface area (Å²) in [5.74, 6) is -1.71. The van der Waals surface area contributed by atoms with E-state index in [0.717, 1.165) is 11.6 Å². The van der Waals surface area contributed by atoms with Crippen LogP contribution in [-0.2, 0) is 13.5 Å². The zero-order valence-electron chi connectivity index (χ0n) is 10.6. The number of benzene rings is 1. The molecule has 19 heavy (non-hydrogen) atoms. The van der Waals surface area contributed by atoms with Crippen LogP contribution in [0.15, 0.2) is 29.0 Å². The summed E-state index contributed by atoms with van der Waals surface area (Å²) in [6, 6.07) is 2.61. The topological polar surface area (TPSA) is 29.9 Å². The molecule has 0 saturated carbocycles. The van der Waals surface area contributed by atoms with Crippen molar-refractivity contribution in [3.05, 3.63) is 51.8 Å². The largest absolute Gasteiger partial charge is 0.313 e. The highest BCUT2D eigenvalue weighted by atomic mass is 79.9. The van der Waals surface area contributed by atoms with Gasteiger partial charge in [-0.3, -0.25) is 4.68 Å². The van der Waals surface area contributed by atoms with Crippen molar-refractivity contribution in [2.45, 2.75) is 12.5 Å². The van der Waals surface area contributed by atoms with Gasteiger partial charge in [0.15, 0.2) is 11.6 Å². The fourth-order valence-corrected chi connectivity index (χ4v) is 2.59. The molecule has 0 aliphatic heterocycles. The molecule has 0 spiro atoms. The number of hydrogen-bond acceptors (Lipinski definition) is 2. The normalized spacial score (nSPS) is 12.7. The molecule has 1 N–H and O–H groups in total. The van der Waals surface area contributed by atoms with E-state index in [2.05, 4.69) is 26.3 Å². The van der Waals surface area contributed by atoms with Crippen LogP contribution in [0.2, 0.25) is 0 Å². The van der Waals surface area contributed by atoms with E-state index in [-0.39, 0.29) is 10.5 Å². The number of aromatic nitrogens is 2. The number of nitrogens with zero attached hydrogens (tertiary/aromatic N) is 2. The molecule has 1 heterocycles. The first-order valence-electron chi connectivity index (χ1n) is 5.81. The van der Waals surface area contributed by atoms with Gasteiger partial charge >= 0.3 is 0 Å². The molecule has 1 aromatic carbocycles. The summed E-state index contributed by atoms with van der Waals surface area (Å²) in [4.78, 5) is 0. The Bertz CT molecular complexity index is 583. The van der Waals surface area contributed by atoms with Crippen molar-refractivity contribution < 1.29 is 8.78 Å². The van der Waals surface area contributed by atoms with Crippen molar-refractivity contribution in [2.24, 2.45) is 7.05 Å². The highest BCUT2D eigenvalue weighted by molar-refractivity contribution is 9.10. The maximum absolute atomic E-state index is 13.6. The predicted octanol–water partition coefficient (Wildman–Crippen LogP) is 2.96. The summed E-state index contributed by atoms with van der Waals surface area (Å²) in [6.45, 7) is 0. The number of halogens is 3. The van der Waals surface area contributed by atoms with Crippen molar-refractivity contribution >= 4 is 15.9 Å². The van der Waals surface area contributed by atoms with Gasteiger partial charge in [-0.05, 0) is 46.6 Å². The van der Waals surface area contributed by atoms with E-state index in [9.17, 15) is 8.78 Å². The van der Waals surface area contributed by atoms with Gasteiger partial charge in [-0.25, -0.2) is 8.78 Å². The minimum Gasteiger partial charge on any atom is -0.313 e. The maximum atomic E-state index is 13.6. The third-order valence-electron chi connectivity index (χ3n) is 2.99. The molecule has 0 saturated heterocycles. The summed E-state index contributed by atoms with van der Waals surface area (Å²) in [5.41, 5.74) is 1.71. The van der Waals surface area contributed by atoms with Crippen LogP contribution in [0.3, 0.4) is 0 Å². The molecule has 102 valence electrons. The zero-order chi connectivity index (χ0) is 14.0. The molecule has 0 bridgehead atoms. The summed E-state index contributed by atoms with van der Waals surface area (Å²) in [5, 5.41) is 7.20. The van der Waals surface area contributed by atoms with E-state index in [0.29, 0.717) is 12.0 Å². The molecule has 2 rings (SSSR count). The van der Waals surface area contributed by atoms with Crippen LogP contribution >= 0.6 is 15.9 Å². The molecular weight excluding hydrogens is 316 g/mol. The van der Waals surface area contributed by atoms with E-state index < -0.39 is 11.6 Å². The Morgan fingerprint density at radius 1 is 1.42 bits per heavy atom. The molecule has 1 aromatic heterocycles. The van der Waals surface area contributed by atoms with Crippen molar-refractivity contribution in [1.82, 2.24) is 15.1 Å². The van der Waals surface area contributed by atoms with Crippen LogP contribution in [0, 0.1) is 11.6 Å². The van der Waals surface area contributed by atoms with Gasteiger partial charge in [-0.2, -0.15) is 5.10 Å². The molecule has 1 atom stereocenters. The summed E-state index contributed by atoms with van der Waals surface area (Å²) in [6.07, 6.45) is 4.31. The number of likely N-dealkylation sites (N-methyl/N-ethyl adjacent to an activating group) is 1. The predicted molar refractivity (Wildman–Crippen MR) is 72.8 cm³/mol. The maximum Gasteiger partial charge on any atom is 0.173 e. The second-order valence-electron chi connectivity index (χ2n) is 4.33. The minimum absolute atomic E-state index is 0.117. The van der Waals surface area contributed by atoms with E-state index in [1.807, 2.05) is 13.2 Å². The first-order valence-corrected chi connectivity index (χ1v) is 6.60. The molecule has 3 nitrogen and oxygen atoms in total. The van der Waals surface area contributed by atoms with Gasteiger partial charge in [0.1, 0.15) is 0 Å². The van der Waals surface area contributed by atoms with Crippen LogP contribution in [-0.4, -0.2) is 16.8 Å². The molecule has 0 fully saturated rings. The number of hydrogen-bond donors (Lipinski definition) is 1. The lowest BCUT2D eigenvalue weighted by Gasteiger charge is -2.18. The molecule has 0 aliphatic carbocycles. The Labute approximate surface area is 118 Å². The first kappa shape index (κ1) is 14.1. The van der Waals surface area contributed by atoms with Crippen molar-refractivity contribution in [3.63, 3.8) is 0 Å². The van der Waals surface area contributed by atoms with Crippen molar-refractivity contribution in [1.29, 1.82) is 0 Å². The molecule has 6 heteroatoms. The number of nitrogens with one attached hydrogen (secondary N) is 1. The Morgan fingerprint density at radius 2 is 2.16 bits per heavy atom. The van der Waals surface area contributed by atoms with Crippen LogP contribution in [0.25, 0.3) is 0 Å². The zero-order valence-corrected chi connectivity index (χ0v) is 12.2. The lowest BCUT2D eigenvalue weighted by Crippen LogP contribution is -2.19. The lowest BCUT2D eigenvalue weighted by atomic mass is 10.0. The number of rotatable bonds is 4. The molecule has 1 unspecified atom stereocenters. The Kier molecular flexibility index (Phi) is 4.31. The van der Waals surface area contributed by atoms with Gasteiger partial charge in [-0.15, -0.1) is 0 Å². The highest BCUT2D eigenvalue weighted by Crippen LogP contribution is 2.29. The fourth-order valence-electron chi connectivity index (χ4n) is 1.99. The second kappa shape index (κ2) is 5.79. The molecule has 2 aromatic rings. The highest BCUT2D eigenvalue weighted by Gasteiger charge is 2.18. The van der Waals surface area contributed by atoms with Crippen molar-refractivity contribution in [2.75, 3.05) is 7.05 Å². The molecular formula is C13H14BrF2N3. The van der Waals surface area contributed by atoms with Crippen LogP contribution in [0.1, 0.15) is 17.2 Å². The Hall–Kier alpha value is -1.27. The SMILES string of the molecule is CNC(Cc1cnn(C)c1)c1ccc(F)c(F)c1Br. The third-order valence-corrected chi connectivity index (χ3v) is 3.79. The van der Waals surface area contributed by atoms with Gasteiger partial charge in [0.25, 0.3) is 0 Å². The number of aryl methyl sites for hydroxylation is 1. The third kappa shape index (κ3) is 3.01.